The predicted molar refractivity (Wildman–Crippen MR) is 46.1 cm³/mol. The number of amides is 2. The molecule has 5 heteroatoms. The van der Waals surface area contributed by atoms with E-state index in [0.717, 1.165) is 6.42 Å². The van der Waals surface area contributed by atoms with E-state index in [2.05, 4.69) is 10.6 Å². The molecule has 0 saturated carbocycles. The molecule has 0 aliphatic carbocycles. The van der Waals surface area contributed by atoms with Gasteiger partial charge in [0, 0.05) is 13.5 Å². The van der Waals surface area contributed by atoms with Crippen molar-refractivity contribution in [3.8, 4) is 0 Å². The van der Waals surface area contributed by atoms with Crippen LogP contribution < -0.4 is 10.6 Å². The summed E-state index contributed by atoms with van der Waals surface area (Å²) in [7, 11) is 0. The standard InChI is InChI=1S/C8H14N2O3/c1-6(11)9-4-8(12)10-7-2-3-13-5-7/h7H,2-5H2,1H3,(H,9,11)(H,10,12). The highest BCUT2D eigenvalue weighted by Gasteiger charge is 2.17. The second-order valence-corrected chi connectivity index (χ2v) is 3.04. The average molecular weight is 186 g/mol. The summed E-state index contributed by atoms with van der Waals surface area (Å²) >= 11 is 0. The van der Waals surface area contributed by atoms with Gasteiger partial charge in [-0.25, -0.2) is 0 Å². The summed E-state index contributed by atoms with van der Waals surface area (Å²) in [6.45, 7) is 2.70. The number of hydrogen-bond acceptors (Lipinski definition) is 3. The van der Waals surface area contributed by atoms with Crippen molar-refractivity contribution in [2.24, 2.45) is 0 Å². The molecule has 1 saturated heterocycles. The molecule has 13 heavy (non-hydrogen) atoms. The van der Waals surface area contributed by atoms with Gasteiger partial charge in [-0.1, -0.05) is 0 Å². The van der Waals surface area contributed by atoms with Crippen molar-refractivity contribution >= 4 is 11.8 Å². The highest BCUT2D eigenvalue weighted by atomic mass is 16.5. The molecule has 2 amide bonds. The van der Waals surface area contributed by atoms with Gasteiger partial charge in [0.2, 0.25) is 11.8 Å². The Morgan fingerprint density at radius 2 is 2.31 bits per heavy atom. The predicted octanol–water partition coefficient (Wildman–Crippen LogP) is -0.972. The summed E-state index contributed by atoms with van der Waals surface area (Å²) in [5.41, 5.74) is 0. The first kappa shape index (κ1) is 9.98. The molecule has 0 aromatic heterocycles. The van der Waals surface area contributed by atoms with Gasteiger partial charge in [-0.15, -0.1) is 0 Å². The van der Waals surface area contributed by atoms with Crippen LogP contribution in [0.4, 0.5) is 0 Å². The van der Waals surface area contributed by atoms with Crippen LogP contribution in [-0.2, 0) is 14.3 Å². The first-order valence-electron chi connectivity index (χ1n) is 4.30. The Balaban J connectivity index is 2.13. The maximum absolute atomic E-state index is 11.1. The van der Waals surface area contributed by atoms with Crippen molar-refractivity contribution in [2.45, 2.75) is 19.4 Å². The highest BCUT2D eigenvalue weighted by Crippen LogP contribution is 2.02. The Morgan fingerprint density at radius 3 is 2.85 bits per heavy atom. The van der Waals surface area contributed by atoms with Crippen LogP contribution in [0.25, 0.3) is 0 Å². The Bertz CT molecular complexity index is 200. The van der Waals surface area contributed by atoms with Gasteiger partial charge in [-0.2, -0.15) is 0 Å². The Morgan fingerprint density at radius 1 is 1.54 bits per heavy atom. The zero-order valence-corrected chi connectivity index (χ0v) is 7.63. The minimum atomic E-state index is -0.196. The van der Waals surface area contributed by atoms with Crippen LogP contribution in [0.5, 0.6) is 0 Å². The third-order valence-corrected chi connectivity index (χ3v) is 1.79. The third-order valence-electron chi connectivity index (χ3n) is 1.79. The van der Waals surface area contributed by atoms with E-state index in [0.29, 0.717) is 13.2 Å². The smallest absolute Gasteiger partial charge is 0.239 e. The zero-order chi connectivity index (χ0) is 9.68. The van der Waals surface area contributed by atoms with Crippen molar-refractivity contribution in [1.82, 2.24) is 10.6 Å². The molecule has 2 N–H and O–H groups in total. The van der Waals surface area contributed by atoms with E-state index in [1.54, 1.807) is 0 Å². The molecule has 1 aliphatic rings. The monoisotopic (exact) mass is 186 g/mol. The lowest BCUT2D eigenvalue weighted by Gasteiger charge is -2.10. The van der Waals surface area contributed by atoms with Crippen LogP contribution >= 0.6 is 0 Å². The van der Waals surface area contributed by atoms with E-state index in [9.17, 15) is 9.59 Å². The maximum atomic E-state index is 11.1. The molecule has 1 rings (SSSR count). The van der Waals surface area contributed by atoms with Crippen LogP contribution in [0.1, 0.15) is 13.3 Å². The summed E-state index contributed by atoms with van der Waals surface area (Å²) < 4.78 is 5.08. The zero-order valence-electron chi connectivity index (χ0n) is 7.63. The SMILES string of the molecule is CC(=O)NCC(=O)NC1CCOC1. The number of ether oxygens (including phenoxy) is 1. The molecule has 1 aliphatic heterocycles. The van der Waals surface area contributed by atoms with Gasteiger partial charge in [-0.05, 0) is 6.42 Å². The first-order chi connectivity index (χ1) is 6.18. The lowest BCUT2D eigenvalue weighted by molar-refractivity contribution is -0.125. The van der Waals surface area contributed by atoms with Gasteiger partial charge < -0.3 is 15.4 Å². The number of hydrogen-bond donors (Lipinski definition) is 2. The minimum Gasteiger partial charge on any atom is -0.379 e. The van der Waals surface area contributed by atoms with E-state index in [-0.39, 0.29) is 24.4 Å². The summed E-state index contributed by atoms with van der Waals surface area (Å²) in [6, 6.07) is 0.112. The Hall–Kier alpha value is -1.10. The quantitative estimate of drug-likeness (QED) is 0.595. The van der Waals surface area contributed by atoms with Crippen molar-refractivity contribution in [1.29, 1.82) is 0 Å². The minimum absolute atomic E-state index is 0.0475. The lowest BCUT2D eigenvalue weighted by Crippen LogP contribution is -2.41. The molecule has 0 spiro atoms. The molecular weight excluding hydrogens is 172 g/mol. The molecule has 1 atom stereocenters. The van der Waals surface area contributed by atoms with E-state index in [1.807, 2.05) is 0 Å². The number of carbonyl (C=O) groups excluding carboxylic acids is 2. The van der Waals surface area contributed by atoms with Crippen LogP contribution in [0.15, 0.2) is 0 Å². The number of nitrogens with one attached hydrogen (secondary N) is 2. The molecule has 0 radical (unpaired) electrons. The summed E-state index contributed by atoms with van der Waals surface area (Å²) in [5.74, 6) is -0.358. The molecule has 1 heterocycles. The second-order valence-electron chi connectivity index (χ2n) is 3.04. The highest BCUT2D eigenvalue weighted by molar-refractivity contribution is 5.83. The van der Waals surface area contributed by atoms with Crippen LogP contribution in [0.2, 0.25) is 0 Å². The molecule has 5 nitrogen and oxygen atoms in total. The molecule has 0 bridgehead atoms. The van der Waals surface area contributed by atoms with Crippen molar-refractivity contribution < 1.29 is 14.3 Å². The average Bonchev–Trinajstić information content (AvgIpc) is 2.53. The normalized spacial score (nSPS) is 21.2. The summed E-state index contributed by atoms with van der Waals surface area (Å²) in [6.07, 6.45) is 0.853. The second kappa shape index (κ2) is 4.81. The van der Waals surface area contributed by atoms with Crippen LogP contribution in [0, 0.1) is 0 Å². The molecule has 74 valence electrons. The fourth-order valence-electron chi connectivity index (χ4n) is 1.13. The topological polar surface area (TPSA) is 67.4 Å². The Labute approximate surface area is 76.8 Å². The largest absolute Gasteiger partial charge is 0.379 e. The molecule has 1 unspecified atom stereocenters. The molecule has 0 aromatic carbocycles. The van der Waals surface area contributed by atoms with Crippen molar-refractivity contribution in [3.63, 3.8) is 0 Å². The molecule has 0 aromatic rings. The molecule has 1 fully saturated rings. The van der Waals surface area contributed by atoms with Crippen molar-refractivity contribution in [3.05, 3.63) is 0 Å². The van der Waals surface area contributed by atoms with E-state index in [1.165, 1.54) is 6.92 Å². The maximum Gasteiger partial charge on any atom is 0.239 e. The van der Waals surface area contributed by atoms with Gasteiger partial charge in [0.15, 0.2) is 0 Å². The first-order valence-corrected chi connectivity index (χ1v) is 4.30. The van der Waals surface area contributed by atoms with Crippen LogP contribution in [-0.4, -0.2) is 37.6 Å². The lowest BCUT2D eigenvalue weighted by atomic mass is 10.2. The Kier molecular flexibility index (Phi) is 3.70. The van der Waals surface area contributed by atoms with Crippen molar-refractivity contribution in [2.75, 3.05) is 19.8 Å². The summed E-state index contributed by atoms with van der Waals surface area (Å²) in [5, 5.41) is 5.18. The van der Waals surface area contributed by atoms with E-state index < -0.39 is 0 Å². The van der Waals surface area contributed by atoms with Gasteiger partial charge in [-0.3, -0.25) is 9.59 Å². The fourth-order valence-corrected chi connectivity index (χ4v) is 1.13. The van der Waals surface area contributed by atoms with E-state index >= 15 is 0 Å². The fraction of sp³-hybridized carbons (Fsp3) is 0.750. The number of rotatable bonds is 3. The number of carbonyl (C=O) groups is 2. The summed E-state index contributed by atoms with van der Waals surface area (Å²) in [4.78, 5) is 21.6. The van der Waals surface area contributed by atoms with Gasteiger partial charge in [0.1, 0.15) is 0 Å². The third kappa shape index (κ3) is 3.89. The van der Waals surface area contributed by atoms with Crippen LogP contribution in [0.3, 0.4) is 0 Å². The van der Waals surface area contributed by atoms with Gasteiger partial charge in [0.05, 0.1) is 19.2 Å². The van der Waals surface area contributed by atoms with E-state index in [4.69, 9.17) is 4.74 Å². The van der Waals surface area contributed by atoms with Gasteiger partial charge in [0.25, 0.3) is 0 Å². The van der Waals surface area contributed by atoms with Gasteiger partial charge >= 0.3 is 0 Å². The molecular formula is C8H14N2O3.